The van der Waals surface area contributed by atoms with Gasteiger partial charge < -0.3 is 0 Å². The van der Waals surface area contributed by atoms with Crippen molar-refractivity contribution in [2.24, 2.45) is 0 Å². The molecule has 0 atom stereocenters. The number of carbonyl (C=O) groups is 1. The molecule has 1 aromatic heterocycles. The Kier molecular flexibility index (Phi) is 2.72. The van der Waals surface area contributed by atoms with Crippen LogP contribution in [0.4, 0.5) is 0 Å². The minimum Gasteiger partial charge on any atom is -0.288 e. The zero-order valence-corrected chi connectivity index (χ0v) is 13.6. The summed E-state index contributed by atoms with van der Waals surface area (Å²) in [6.07, 6.45) is 0. The lowest BCUT2D eigenvalue weighted by Crippen LogP contribution is -2.25. The summed E-state index contributed by atoms with van der Waals surface area (Å²) >= 11 is 0. The van der Waals surface area contributed by atoms with Crippen LogP contribution in [-0.2, 0) is 11.0 Å². The van der Waals surface area contributed by atoms with E-state index >= 15 is 0 Å². The highest BCUT2D eigenvalue weighted by Gasteiger charge is 2.39. The van der Waals surface area contributed by atoms with Gasteiger partial charge in [-0.05, 0) is 20.8 Å². The quantitative estimate of drug-likeness (QED) is 0.621. The van der Waals surface area contributed by atoms with Crippen LogP contribution < -0.4 is 0 Å². The van der Waals surface area contributed by atoms with E-state index < -0.39 is 0 Å². The maximum absolute atomic E-state index is 12.8. The predicted molar refractivity (Wildman–Crippen MR) is 84.8 cm³/mol. The number of hydrogen-bond donors (Lipinski definition) is 0. The number of benzene rings is 1. The summed E-state index contributed by atoms with van der Waals surface area (Å²) in [6.45, 7) is 12.7. The van der Waals surface area contributed by atoms with E-state index in [4.69, 9.17) is 5.10 Å². The molecule has 21 heavy (non-hydrogen) atoms. The maximum atomic E-state index is 12.8. The van der Waals surface area contributed by atoms with Crippen molar-refractivity contribution in [2.45, 2.75) is 52.5 Å². The van der Waals surface area contributed by atoms with Crippen molar-refractivity contribution in [3.63, 3.8) is 0 Å². The molecule has 2 aromatic rings. The van der Waals surface area contributed by atoms with Gasteiger partial charge in [-0.15, -0.1) is 0 Å². The summed E-state index contributed by atoms with van der Waals surface area (Å²) in [4.78, 5) is 12.8. The van der Waals surface area contributed by atoms with Crippen molar-refractivity contribution in [1.29, 1.82) is 0 Å². The zero-order chi connectivity index (χ0) is 15.6. The van der Waals surface area contributed by atoms with Crippen LogP contribution >= 0.6 is 0 Å². The van der Waals surface area contributed by atoms with Gasteiger partial charge >= 0.3 is 0 Å². The second-order valence-electron chi connectivity index (χ2n) is 7.78. The smallest absolute Gasteiger partial charge is 0.197 e. The van der Waals surface area contributed by atoms with E-state index in [1.165, 1.54) is 0 Å². The molecule has 1 aliphatic carbocycles. The van der Waals surface area contributed by atoms with Crippen molar-refractivity contribution >= 4 is 5.78 Å². The number of carbonyl (C=O) groups excluding carboxylic acids is 1. The number of fused-ring (bicyclic) bond motifs is 3. The molecule has 0 bridgehead atoms. The lowest BCUT2D eigenvalue weighted by atomic mass is 9.88. The molecule has 0 spiro atoms. The normalized spacial score (nSPS) is 14.3. The summed E-state index contributed by atoms with van der Waals surface area (Å²) < 4.78 is 2.02. The van der Waals surface area contributed by atoms with Crippen molar-refractivity contribution < 1.29 is 4.79 Å². The van der Waals surface area contributed by atoms with E-state index in [1.54, 1.807) is 0 Å². The fourth-order valence-corrected chi connectivity index (χ4v) is 2.91. The first kappa shape index (κ1) is 14.1. The lowest BCUT2D eigenvalue weighted by molar-refractivity contribution is 0.104. The topological polar surface area (TPSA) is 34.9 Å². The Balaban J connectivity index is 2.41. The van der Waals surface area contributed by atoms with Gasteiger partial charge in [0.15, 0.2) is 5.78 Å². The molecule has 0 saturated carbocycles. The fraction of sp³-hybridized carbons (Fsp3) is 0.444. The molecule has 0 radical (unpaired) electrons. The number of hydrogen-bond acceptors (Lipinski definition) is 2. The molecular formula is C18H22N2O. The van der Waals surface area contributed by atoms with Crippen LogP contribution in [0.5, 0.6) is 0 Å². The Hall–Kier alpha value is -1.90. The molecule has 1 heterocycles. The summed E-state index contributed by atoms with van der Waals surface area (Å²) in [6, 6.07) is 7.85. The van der Waals surface area contributed by atoms with Gasteiger partial charge in [0.1, 0.15) is 0 Å². The molecule has 0 saturated heterocycles. The molecule has 0 unspecified atom stereocenters. The molecule has 1 aliphatic rings. The summed E-state index contributed by atoms with van der Waals surface area (Å²) in [5.74, 6) is 0.112. The molecule has 110 valence electrons. The molecule has 1 aromatic carbocycles. The second kappa shape index (κ2) is 4.06. The molecule has 3 nitrogen and oxygen atoms in total. The largest absolute Gasteiger partial charge is 0.288 e. The van der Waals surface area contributed by atoms with E-state index in [2.05, 4.69) is 41.5 Å². The van der Waals surface area contributed by atoms with Gasteiger partial charge in [-0.1, -0.05) is 45.0 Å². The average Bonchev–Trinajstić information content (AvgIpc) is 2.87. The molecule has 0 aliphatic heterocycles. The van der Waals surface area contributed by atoms with E-state index in [0.29, 0.717) is 0 Å². The van der Waals surface area contributed by atoms with Gasteiger partial charge in [0.2, 0.25) is 0 Å². The Morgan fingerprint density at radius 3 is 2.05 bits per heavy atom. The highest BCUT2D eigenvalue weighted by Crippen LogP contribution is 2.43. The standard InChI is InChI=1S/C18H22N2O/c1-17(2,3)16-13-14(20(19-16)18(4,5)6)11-9-7-8-10-12(11)15(13)21/h7-10H,1-6H3. The van der Waals surface area contributed by atoms with Gasteiger partial charge in [0.05, 0.1) is 22.5 Å². The van der Waals surface area contributed by atoms with Crippen molar-refractivity contribution in [3.8, 4) is 11.3 Å². The molecule has 3 rings (SSSR count). The maximum Gasteiger partial charge on any atom is 0.197 e. The minimum absolute atomic E-state index is 0.112. The van der Waals surface area contributed by atoms with Gasteiger partial charge in [-0.25, -0.2) is 0 Å². The van der Waals surface area contributed by atoms with Crippen LogP contribution in [0, 0.1) is 0 Å². The second-order valence-corrected chi connectivity index (χ2v) is 7.78. The van der Waals surface area contributed by atoms with E-state index in [0.717, 1.165) is 28.1 Å². The summed E-state index contributed by atoms with van der Waals surface area (Å²) in [5, 5.41) is 4.82. The molecular weight excluding hydrogens is 260 g/mol. The van der Waals surface area contributed by atoms with Crippen molar-refractivity contribution in [2.75, 3.05) is 0 Å². The van der Waals surface area contributed by atoms with Crippen LogP contribution in [0.3, 0.4) is 0 Å². The number of rotatable bonds is 0. The van der Waals surface area contributed by atoms with Gasteiger partial charge in [-0.3, -0.25) is 9.48 Å². The van der Waals surface area contributed by atoms with Crippen molar-refractivity contribution in [1.82, 2.24) is 9.78 Å². The fourth-order valence-electron chi connectivity index (χ4n) is 2.91. The minimum atomic E-state index is -0.161. The summed E-state index contributed by atoms with van der Waals surface area (Å²) in [7, 11) is 0. The first-order chi connectivity index (χ1) is 9.62. The Morgan fingerprint density at radius 1 is 0.952 bits per heavy atom. The van der Waals surface area contributed by atoms with Crippen LogP contribution in [0.25, 0.3) is 11.3 Å². The highest BCUT2D eigenvalue weighted by molar-refractivity contribution is 6.21. The Bertz CT molecular complexity index is 740. The van der Waals surface area contributed by atoms with Crippen LogP contribution in [0.1, 0.15) is 63.2 Å². The molecule has 0 N–H and O–H groups in total. The van der Waals surface area contributed by atoms with E-state index in [9.17, 15) is 4.79 Å². The highest BCUT2D eigenvalue weighted by atomic mass is 16.1. The zero-order valence-electron chi connectivity index (χ0n) is 13.6. The van der Waals surface area contributed by atoms with Crippen molar-refractivity contribution in [3.05, 3.63) is 41.1 Å². The van der Waals surface area contributed by atoms with Crippen LogP contribution in [-0.4, -0.2) is 15.6 Å². The number of ketones is 1. The molecule has 3 heteroatoms. The molecule has 0 fully saturated rings. The Labute approximate surface area is 126 Å². The monoisotopic (exact) mass is 282 g/mol. The van der Waals surface area contributed by atoms with Crippen LogP contribution in [0.15, 0.2) is 24.3 Å². The third-order valence-electron chi connectivity index (χ3n) is 3.89. The van der Waals surface area contributed by atoms with Gasteiger partial charge in [0, 0.05) is 16.5 Å². The predicted octanol–water partition coefficient (Wildman–Crippen LogP) is 4.15. The third-order valence-corrected chi connectivity index (χ3v) is 3.89. The van der Waals surface area contributed by atoms with E-state index in [1.807, 2.05) is 28.9 Å². The Morgan fingerprint density at radius 2 is 1.52 bits per heavy atom. The first-order valence-corrected chi connectivity index (χ1v) is 7.40. The molecule has 0 amide bonds. The average molecular weight is 282 g/mol. The number of aromatic nitrogens is 2. The SMILES string of the molecule is CC(C)(C)c1nn(C(C)(C)C)c2c1C(=O)c1ccccc1-2. The summed E-state index contributed by atoms with van der Waals surface area (Å²) in [5.41, 5.74) is 4.16. The van der Waals surface area contributed by atoms with E-state index in [-0.39, 0.29) is 16.7 Å². The van der Waals surface area contributed by atoms with Gasteiger partial charge in [0.25, 0.3) is 0 Å². The van der Waals surface area contributed by atoms with Gasteiger partial charge in [-0.2, -0.15) is 5.10 Å². The lowest BCUT2D eigenvalue weighted by Gasteiger charge is -2.23. The first-order valence-electron chi connectivity index (χ1n) is 7.40. The van der Waals surface area contributed by atoms with Crippen LogP contribution in [0.2, 0.25) is 0 Å². The number of nitrogens with zero attached hydrogens (tertiary/aromatic N) is 2. The third kappa shape index (κ3) is 1.95.